The second-order valence-corrected chi connectivity index (χ2v) is 8.82. The van der Waals surface area contributed by atoms with Crippen LogP contribution in [0.5, 0.6) is 0 Å². The summed E-state index contributed by atoms with van der Waals surface area (Å²) in [5.41, 5.74) is -2.03. The number of piperidine rings is 1. The summed E-state index contributed by atoms with van der Waals surface area (Å²) in [4.78, 5) is 36.8. The molecule has 2 aliphatic rings. The first-order chi connectivity index (χ1) is 12.5. The minimum absolute atomic E-state index is 0.127. The minimum Gasteiger partial charge on any atom is -0.480 e. The average Bonchev–Trinajstić information content (AvgIpc) is 2.47. The maximum Gasteiger partial charge on any atom is 0.471 e. The van der Waals surface area contributed by atoms with Crippen LogP contribution in [-0.2, 0) is 14.4 Å². The van der Waals surface area contributed by atoms with E-state index in [0.29, 0.717) is 0 Å². The van der Waals surface area contributed by atoms with Crippen LogP contribution in [-0.4, -0.2) is 58.5 Å². The van der Waals surface area contributed by atoms with Crippen molar-refractivity contribution in [1.82, 2.24) is 10.2 Å². The van der Waals surface area contributed by atoms with Gasteiger partial charge in [-0.05, 0) is 23.7 Å². The Balaban J connectivity index is 2.23. The van der Waals surface area contributed by atoms with Crippen LogP contribution >= 0.6 is 0 Å². The Morgan fingerprint density at radius 2 is 1.68 bits per heavy atom. The smallest absolute Gasteiger partial charge is 0.471 e. The molecule has 1 aliphatic heterocycles. The van der Waals surface area contributed by atoms with Crippen LogP contribution < -0.4 is 5.32 Å². The molecule has 1 spiro atoms. The standard InChI is InChI=1S/C17H23F5N2O4/c1-14(2,3)10(23-13(28)17(20,21)22)11(25)24-5-4-15(6-9(24)12(26)27)7-16(18,19)8-15/h9-10H,4-8H2,1-3H3,(H,23,28)(H,26,27)/t9-,10+/m0/s1. The van der Waals surface area contributed by atoms with Gasteiger partial charge in [0.25, 0.3) is 0 Å². The Hall–Kier alpha value is -1.94. The van der Waals surface area contributed by atoms with Gasteiger partial charge < -0.3 is 15.3 Å². The Labute approximate surface area is 158 Å². The Kier molecular flexibility index (Phi) is 5.46. The molecule has 2 fully saturated rings. The van der Waals surface area contributed by atoms with E-state index >= 15 is 0 Å². The van der Waals surface area contributed by atoms with Crippen molar-refractivity contribution < 1.29 is 41.4 Å². The first-order valence-electron chi connectivity index (χ1n) is 8.76. The highest BCUT2D eigenvalue weighted by Crippen LogP contribution is 2.58. The number of carboxylic acid groups (broad SMARTS) is 1. The molecule has 2 amide bonds. The number of nitrogens with one attached hydrogen (secondary N) is 1. The Morgan fingerprint density at radius 3 is 2.07 bits per heavy atom. The predicted octanol–water partition coefficient (Wildman–Crippen LogP) is 2.57. The number of carboxylic acids is 1. The summed E-state index contributed by atoms with van der Waals surface area (Å²) in [6.07, 6.45) is -6.23. The molecule has 0 aromatic rings. The molecule has 160 valence electrons. The number of hydrogen-bond acceptors (Lipinski definition) is 3. The molecule has 2 rings (SSSR count). The summed E-state index contributed by atoms with van der Waals surface area (Å²) in [5.74, 6) is -7.57. The molecular weight excluding hydrogens is 391 g/mol. The quantitative estimate of drug-likeness (QED) is 0.695. The van der Waals surface area contributed by atoms with Gasteiger partial charge >= 0.3 is 18.1 Å². The van der Waals surface area contributed by atoms with E-state index in [1.807, 2.05) is 0 Å². The van der Waals surface area contributed by atoms with Gasteiger partial charge in [-0.2, -0.15) is 13.2 Å². The molecular formula is C17H23F5N2O4. The monoisotopic (exact) mass is 414 g/mol. The van der Waals surface area contributed by atoms with Crippen molar-refractivity contribution >= 4 is 17.8 Å². The maximum absolute atomic E-state index is 13.3. The number of carbonyl (C=O) groups is 3. The summed E-state index contributed by atoms with van der Waals surface area (Å²) >= 11 is 0. The first kappa shape index (κ1) is 22.4. The zero-order valence-electron chi connectivity index (χ0n) is 15.7. The van der Waals surface area contributed by atoms with Gasteiger partial charge in [-0.25, -0.2) is 13.6 Å². The lowest BCUT2D eigenvalue weighted by molar-refractivity contribution is -0.194. The van der Waals surface area contributed by atoms with Crippen LogP contribution in [0.25, 0.3) is 0 Å². The molecule has 1 saturated heterocycles. The molecule has 1 aliphatic carbocycles. The topological polar surface area (TPSA) is 86.7 Å². The molecule has 0 radical (unpaired) electrons. The summed E-state index contributed by atoms with van der Waals surface area (Å²) < 4.78 is 64.5. The van der Waals surface area contributed by atoms with E-state index in [-0.39, 0.29) is 19.4 Å². The van der Waals surface area contributed by atoms with E-state index in [1.165, 1.54) is 20.8 Å². The van der Waals surface area contributed by atoms with E-state index in [4.69, 9.17) is 0 Å². The van der Waals surface area contributed by atoms with Crippen LogP contribution in [0, 0.1) is 10.8 Å². The van der Waals surface area contributed by atoms with Gasteiger partial charge in [0.15, 0.2) is 0 Å². The van der Waals surface area contributed by atoms with E-state index in [9.17, 15) is 41.4 Å². The second-order valence-electron chi connectivity index (χ2n) is 8.82. The van der Waals surface area contributed by atoms with Crippen molar-refractivity contribution in [1.29, 1.82) is 0 Å². The Bertz CT molecular complexity index is 663. The number of amides is 2. The van der Waals surface area contributed by atoms with Gasteiger partial charge in [0.1, 0.15) is 12.1 Å². The number of carbonyl (C=O) groups excluding carboxylic acids is 2. The van der Waals surface area contributed by atoms with Crippen LogP contribution in [0.2, 0.25) is 0 Å². The van der Waals surface area contributed by atoms with Crippen LogP contribution in [0.1, 0.15) is 46.5 Å². The lowest BCUT2D eigenvalue weighted by Crippen LogP contribution is -2.64. The summed E-state index contributed by atoms with van der Waals surface area (Å²) in [5, 5.41) is 11.1. The van der Waals surface area contributed by atoms with Gasteiger partial charge in [-0.3, -0.25) is 9.59 Å². The molecule has 28 heavy (non-hydrogen) atoms. The molecule has 0 aromatic heterocycles. The van der Waals surface area contributed by atoms with Crippen molar-refractivity contribution in [2.45, 2.75) is 70.6 Å². The number of alkyl halides is 5. The van der Waals surface area contributed by atoms with Gasteiger partial charge in [0.2, 0.25) is 11.8 Å². The molecule has 0 aromatic carbocycles. The molecule has 0 bridgehead atoms. The van der Waals surface area contributed by atoms with Gasteiger partial charge in [0.05, 0.1) is 0 Å². The van der Waals surface area contributed by atoms with E-state index in [1.54, 1.807) is 5.32 Å². The van der Waals surface area contributed by atoms with Crippen molar-refractivity contribution in [2.75, 3.05) is 6.54 Å². The average molecular weight is 414 g/mol. The lowest BCUT2D eigenvalue weighted by atomic mass is 9.59. The summed E-state index contributed by atoms with van der Waals surface area (Å²) in [6.45, 7) is 4.11. The molecule has 0 unspecified atom stereocenters. The van der Waals surface area contributed by atoms with Crippen LogP contribution in [0.15, 0.2) is 0 Å². The first-order valence-corrected chi connectivity index (χ1v) is 8.76. The maximum atomic E-state index is 13.3. The fourth-order valence-corrected chi connectivity index (χ4v) is 4.01. The van der Waals surface area contributed by atoms with E-state index in [2.05, 4.69) is 0 Å². The highest BCUT2D eigenvalue weighted by Gasteiger charge is 2.60. The van der Waals surface area contributed by atoms with Crippen molar-refractivity contribution in [3.8, 4) is 0 Å². The molecule has 11 heteroatoms. The highest BCUT2D eigenvalue weighted by atomic mass is 19.4. The van der Waals surface area contributed by atoms with E-state index < -0.39 is 65.6 Å². The largest absolute Gasteiger partial charge is 0.480 e. The summed E-state index contributed by atoms with van der Waals surface area (Å²) in [6, 6.07) is -3.06. The molecule has 6 nitrogen and oxygen atoms in total. The zero-order chi connectivity index (χ0) is 21.7. The molecule has 2 atom stereocenters. The zero-order valence-corrected chi connectivity index (χ0v) is 15.7. The molecule has 1 saturated carbocycles. The van der Waals surface area contributed by atoms with Gasteiger partial charge in [-0.15, -0.1) is 0 Å². The van der Waals surface area contributed by atoms with Crippen LogP contribution in [0.4, 0.5) is 22.0 Å². The van der Waals surface area contributed by atoms with Crippen LogP contribution in [0.3, 0.4) is 0 Å². The third kappa shape index (κ3) is 4.54. The Morgan fingerprint density at radius 1 is 1.14 bits per heavy atom. The lowest BCUT2D eigenvalue weighted by Gasteiger charge is -2.54. The third-order valence-corrected chi connectivity index (χ3v) is 5.37. The van der Waals surface area contributed by atoms with Crippen molar-refractivity contribution in [3.63, 3.8) is 0 Å². The van der Waals surface area contributed by atoms with Crippen molar-refractivity contribution in [3.05, 3.63) is 0 Å². The minimum atomic E-state index is -5.21. The fourth-order valence-electron chi connectivity index (χ4n) is 4.01. The summed E-state index contributed by atoms with van der Waals surface area (Å²) in [7, 11) is 0. The predicted molar refractivity (Wildman–Crippen MR) is 86.4 cm³/mol. The fraction of sp³-hybridized carbons (Fsp3) is 0.824. The third-order valence-electron chi connectivity index (χ3n) is 5.37. The number of nitrogens with zero attached hydrogens (tertiary/aromatic N) is 1. The molecule has 2 N–H and O–H groups in total. The number of rotatable bonds is 3. The number of hydrogen-bond donors (Lipinski definition) is 2. The number of aliphatic carboxylic acids is 1. The highest BCUT2D eigenvalue weighted by molar-refractivity contribution is 5.92. The second kappa shape index (κ2) is 6.84. The van der Waals surface area contributed by atoms with E-state index in [0.717, 1.165) is 4.90 Å². The number of halogens is 5. The van der Waals surface area contributed by atoms with Gasteiger partial charge in [-0.1, -0.05) is 20.8 Å². The molecule has 1 heterocycles. The van der Waals surface area contributed by atoms with Crippen molar-refractivity contribution in [2.24, 2.45) is 10.8 Å². The SMILES string of the molecule is CC(C)(C)[C@H](NC(=O)C(F)(F)F)C(=O)N1CCC2(C[C@H]1C(=O)O)CC(F)(F)C2. The number of likely N-dealkylation sites (tertiary alicyclic amines) is 1. The van der Waals surface area contributed by atoms with Gasteiger partial charge in [0, 0.05) is 19.4 Å². The normalized spacial score (nSPS) is 25.0.